The third-order valence-electron chi connectivity index (χ3n) is 2.95. The van der Waals surface area contributed by atoms with E-state index in [0.717, 1.165) is 17.7 Å². The Morgan fingerprint density at radius 3 is 2.80 bits per heavy atom. The molecule has 2 N–H and O–H groups in total. The number of nitrogens with one attached hydrogen (secondary N) is 2. The number of carbonyl (C=O) groups excluding carboxylic acids is 1. The summed E-state index contributed by atoms with van der Waals surface area (Å²) in [6.07, 6.45) is 1.14. The third-order valence-corrected chi connectivity index (χ3v) is 4.21. The lowest BCUT2D eigenvalue weighted by Crippen LogP contribution is -2.31. The number of amides is 2. The quantitative estimate of drug-likeness (QED) is 0.596. The molecule has 1 aromatic carbocycles. The molecule has 0 aliphatic rings. The molecule has 1 unspecified atom stereocenters. The molecular weight excluding hydrogens is 272 g/mol. The van der Waals surface area contributed by atoms with Crippen LogP contribution in [0.4, 0.5) is 10.5 Å². The highest BCUT2D eigenvalue weighted by Crippen LogP contribution is 2.28. The van der Waals surface area contributed by atoms with E-state index in [0.29, 0.717) is 18.4 Å². The van der Waals surface area contributed by atoms with Crippen LogP contribution in [0, 0.1) is 6.92 Å². The Bertz CT molecular complexity index is 438. The summed E-state index contributed by atoms with van der Waals surface area (Å²) in [5.74, 6) is 0. The van der Waals surface area contributed by atoms with Gasteiger partial charge < -0.3 is 15.4 Å². The Hall–Kier alpha value is -1.20. The van der Waals surface area contributed by atoms with E-state index < -0.39 is 0 Å². The summed E-state index contributed by atoms with van der Waals surface area (Å²) in [5.41, 5.74) is 1.91. The fourth-order valence-electron chi connectivity index (χ4n) is 1.60. The molecule has 1 atom stereocenters. The van der Waals surface area contributed by atoms with E-state index in [-0.39, 0.29) is 6.03 Å². The molecule has 5 heteroatoms. The summed E-state index contributed by atoms with van der Waals surface area (Å²) in [5, 5.41) is 6.19. The molecule has 0 aliphatic carbocycles. The smallest absolute Gasteiger partial charge is 0.319 e. The van der Waals surface area contributed by atoms with Crippen LogP contribution < -0.4 is 10.6 Å². The number of methoxy groups -OCH3 is 1. The lowest BCUT2D eigenvalue weighted by atomic mass is 10.2. The maximum Gasteiger partial charge on any atom is 0.319 e. The first kappa shape index (κ1) is 16.9. The Labute approximate surface area is 125 Å². The molecule has 0 heterocycles. The van der Waals surface area contributed by atoms with Gasteiger partial charge in [0, 0.05) is 29.5 Å². The zero-order valence-corrected chi connectivity index (χ0v) is 13.5. The van der Waals surface area contributed by atoms with Crippen molar-refractivity contribution in [2.24, 2.45) is 0 Å². The summed E-state index contributed by atoms with van der Waals surface area (Å²) in [7, 11) is 1.61. The van der Waals surface area contributed by atoms with Crippen molar-refractivity contribution in [1.29, 1.82) is 0 Å². The summed E-state index contributed by atoms with van der Waals surface area (Å²) < 4.78 is 4.88. The van der Waals surface area contributed by atoms with Gasteiger partial charge in [-0.2, -0.15) is 0 Å². The third kappa shape index (κ3) is 5.84. The number of aryl methyl sites for hydroxylation is 1. The van der Waals surface area contributed by atoms with E-state index >= 15 is 0 Å². The van der Waals surface area contributed by atoms with Crippen molar-refractivity contribution in [3.8, 4) is 0 Å². The van der Waals surface area contributed by atoms with Gasteiger partial charge in [-0.05, 0) is 37.1 Å². The molecule has 0 aromatic heterocycles. The van der Waals surface area contributed by atoms with Gasteiger partial charge >= 0.3 is 6.03 Å². The van der Waals surface area contributed by atoms with Crippen LogP contribution >= 0.6 is 11.8 Å². The Morgan fingerprint density at radius 1 is 1.45 bits per heavy atom. The van der Waals surface area contributed by atoms with Gasteiger partial charge in [-0.25, -0.2) is 4.79 Å². The molecule has 4 nitrogen and oxygen atoms in total. The monoisotopic (exact) mass is 296 g/mol. The first-order valence-corrected chi connectivity index (χ1v) is 7.75. The number of benzene rings is 1. The van der Waals surface area contributed by atoms with Gasteiger partial charge in [-0.1, -0.05) is 13.8 Å². The van der Waals surface area contributed by atoms with Gasteiger partial charge in [0.15, 0.2) is 0 Å². The Balaban J connectivity index is 2.57. The maximum atomic E-state index is 11.7. The molecule has 0 spiro atoms. The number of ether oxygens (including phenoxy) is 1. The molecule has 20 heavy (non-hydrogen) atoms. The minimum absolute atomic E-state index is 0.201. The van der Waals surface area contributed by atoms with E-state index in [4.69, 9.17) is 4.74 Å². The van der Waals surface area contributed by atoms with E-state index in [1.54, 1.807) is 7.11 Å². The molecule has 1 aromatic rings. The lowest BCUT2D eigenvalue weighted by molar-refractivity contribution is 0.198. The fourth-order valence-corrected chi connectivity index (χ4v) is 2.62. The van der Waals surface area contributed by atoms with Crippen LogP contribution in [0.15, 0.2) is 23.1 Å². The van der Waals surface area contributed by atoms with Crippen molar-refractivity contribution >= 4 is 23.5 Å². The Kier molecular flexibility index (Phi) is 7.47. The molecule has 0 radical (unpaired) electrons. The second kappa shape index (κ2) is 8.87. The molecule has 0 fully saturated rings. The van der Waals surface area contributed by atoms with Gasteiger partial charge in [0.1, 0.15) is 0 Å². The highest BCUT2D eigenvalue weighted by molar-refractivity contribution is 7.99. The summed E-state index contributed by atoms with van der Waals surface area (Å²) in [6.45, 7) is 7.42. The maximum absolute atomic E-state index is 11.7. The summed E-state index contributed by atoms with van der Waals surface area (Å²) in [4.78, 5) is 12.9. The van der Waals surface area contributed by atoms with E-state index in [1.807, 2.05) is 24.8 Å². The van der Waals surface area contributed by atoms with Gasteiger partial charge in [-0.15, -0.1) is 11.8 Å². The van der Waals surface area contributed by atoms with Crippen molar-refractivity contribution in [2.45, 2.75) is 37.3 Å². The number of rotatable bonds is 7. The molecule has 0 saturated carbocycles. The second-order valence-corrected chi connectivity index (χ2v) is 6.20. The first-order chi connectivity index (χ1) is 9.56. The minimum Gasteiger partial charge on any atom is -0.383 e. The topological polar surface area (TPSA) is 50.4 Å². The Morgan fingerprint density at radius 2 is 2.20 bits per heavy atom. The average Bonchev–Trinajstić information content (AvgIpc) is 2.42. The number of carbonyl (C=O) groups is 1. The van der Waals surface area contributed by atoms with Crippen molar-refractivity contribution in [3.05, 3.63) is 23.8 Å². The first-order valence-electron chi connectivity index (χ1n) is 6.88. The number of thioether (sulfide) groups is 1. The molecular formula is C15H24N2O2S. The SMILES string of the molecule is CCC(C)Sc1ccc(NC(=O)NCCOC)c(C)c1. The summed E-state index contributed by atoms with van der Waals surface area (Å²) in [6, 6.07) is 5.92. The molecule has 112 valence electrons. The number of urea groups is 1. The van der Waals surface area contributed by atoms with E-state index in [2.05, 4.69) is 36.6 Å². The number of anilines is 1. The lowest BCUT2D eigenvalue weighted by Gasteiger charge is -2.13. The number of hydrogen-bond donors (Lipinski definition) is 2. The highest BCUT2D eigenvalue weighted by Gasteiger charge is 2.07. The zero-order valence-electron chi connectivity index (χ0n) is 12.7. The van der Waals surface area contributed by atoms with Crippen LogP contribution in [0.1, 0.15) is 25.8 Å². The molecule has 1 rings (SSSR count). The van der Waals surface area contributed by atoms with E-state index in [1.165, 1.54) is 4.90 Å². The molecule has 0 saturated heterocycles. The van der Waals surface area contributed by atoms with E-state index in [9.17, 15) is 4.79 Å². The largest absolute Gasteiger partial charge is 0.383 e. The fraction of sp³-hybridized carbons (Fsp3) is 0.533. The predicted molar refractivity (Wildman–Crippen MR) is 85.7 cm³/mol. The van der Waals surface area contributed by atoms with Crippen LogP contribution in [0.2, 0.25) is 0 Å². The predicted octanol–water partition coefficient (Wildman–Crippen LogP) is 3.65. The van der Waals surface area contributed by atoms with Gasteiger partial charge in [0.25, 0.3) is 0 Å². The van der Waals surface area contributed by atoms with Gasteiger partial charge in [-0.3, -0.25) is 0 Å². The van der Waals surface area contributed by atoms with Crippen molar-refractivity contribution in [1.82, 2.24) is 5.32 Å². The normalized spacial score (nSPS) is 12.0. The van der Waals surface area contributed by atoms with Crippen molar-refractivity contribution < 1.29 is 9.53 Å². The van der Waals surface area contributed by atoms with Crippen LogP contribution in [-0.2, 0) is 4.74 Å². The minimum atomic E-state index is -0.201. The van der Waals surface area contributed by atoms with Crippen LogP contribution in [0.5, 0.6) is 0 Å². The van der Waals surface area contributed by atoms with Crippen LogP contribution in [0.3, 0.4) is 0 Å². The second-order valence-electron chi connectivity index (χ2n) is 4.69. The van der Waals surface area contributed by atoms with Crippen LogP contribution in [0.25, 0.3) is 0 Å². The summed E-state index contributed by atoms with van der Waals surface area (Å²) >= 11 is 1.86. The van der Waals surface area contributed by atoms with Gasteiger partial charge in [0.2, 0.25) is 0 Å². The molecule has 0 aliphatic heterocycles. The van der Waals surface area contributed by atoms with Crippen LogP contribution in [-0.4, -0.2) is 31.5 Å². The zero-order chi connectivity index (χ0) is 15.0. The highest BCUT2D eigenvalue weighted by atomic mass is 32.2. The molecule has 2 amide bonds. The molecule has 0 bridgehead atoms. The van der Waals surface area contributed by atoms with Crippen molar-refractivity contribution in [3.63, 3.8) is 0 Å². The standard InChI is InChI=1S/C15H24N2O2S/c1-5-12(3)20-13-6-7-14(11(2)10-13)17-15(18)16-8-9-19-4/h6-7,10,12H,5,8-9H2,1-4H3,(H2,16,17,18). The van der Waals surface area contributed by atoms with Gasteiger partial charge in [0.05, 0.1) is 6.61 Å². The number of hydrogen-bond acceptors (Lipinski definition) is 3. The average molecular weight is 296 g/mol. The van der Waals surface area contributed by atoms with Crippen molar-refractivity contribution in [2.75, 3.05) is 25.6 Å².